The standard InChI is InChI=1S/C11H24N2O/c1-3-13(9-11(2,14)8-12)10-6-4-5-7-10/h10,14H,3-9,12H2,1-2H3. The van der Waals surface area contributed by atoms with E-state index in [2.05, 4.69) is 11.8 Å². The SMILES string of the molecule is CCN(CC(C)(O)CN)C1CCCC1. The van der Waals surface area contributed by atoms with Gasteiger partial charge in [-0.2, -0.15) is 0 Å². The van der Waals surface area contributed by atoms with Crippen LogP contribution in [-0.2, 0) is 0 Å². The zero-order valence-corrected chi connectivity index (χ0v) is 9.50. The van der Waals surface area contributed by atoms with Crippen LogP contribution in [0.5, 0.6) is 0 Å². The maximum Gasteiger partial charge on any atom is 0.0867 e. The minimum absolute atomic E-state index is 0.343. The van der Waals surface area contributed by atoms with Gasteiger partial charge < -0.3 is 10.8 Å². The molecule has 0 saturated heterocycles. The molecule has 1 saturated carbocycles. The molecular formula is C11H24N2O. The van der Waals surface area contributed by atoms with Crippen LogP contribution in [-0.4, -0.2) is 41.3 Å². The quantitative estimate of drug-likeness (QED) is 0.695. The number of aliphatic hydroxyl groups is 1. The lowest BCUT2D eigenvalue weighted by atomic mass is 10.1. The molecule has 3 N–H and O–H groups in total. The molecule has 1 fully saturated rings. The summed E-state index contributed by atoms with van der Waals surface area (Å²) >= 11 is 0. The fraction of sp³-hybridized carbons (Fsp3) is 1.00. The minimum atomic E-state index is -0.724. The van der Waals surface area contributed by atoms with Crippen molar-refractivity contribution in [1.29, 1.82) is 0 Å². The molecule has 14 heavy (non-hydrogen) atoms. The normalized spacial score (nSPS) is 22.9. The van der Waals surface area contributed by atoms with E-state index in [1.54, 1.807) is 0 Å². The molecule has 0 bridgehead atoms. The molecule has 0 spiro atoms. The molecule has 0 heterocycles. The number of nitrogens with zero attached hydrogens (tertiary/aromatic N) is 1. The Hall–Kier alpha value is -0.120. The maximum atomic E-state index is 9.92. The van der Waals surface area contributed by atoms with Crippen LogP contribution in [0.25, 0.3) is 0 Å². The third kappa shape index (κ3) is 3.23. The van der Waals surface area contributed by atoms with Gasteiger partial charge in [-0.05, 0) is 26.3 Å². The Morgan fingerprint density at radius 2 is 2.00 bits per heavy atom. The number of hydrogen-bond acceptors (Lipinski definition) is 3. The Kier molecular flexibility index (Phi) is 4.35. The van der Waals surface area contributed by atoms with Crippen molar-refractivity contribution in [3.05, 3.63) is 0 Å². The summed E-state index contributed by atoms with van der Waals surface area (Å²) in [5, 5.41) is 9.92. The first-order valence-electron chi connectivity index (χ1n) is 5.75. The van der Waals surface area contributed by atoms with E-state index in [-0.39, 0.29) is 0 Å². The summed E-state index contributed by atoms with van der Waals surface area (Å²) in [5.74, 6) is 0. The van der Waals surface area contributed by atoms with Crippen LogP contribution < -0.4 is 5.73 Å². The van der Waals surface area contributed by atoms with Crippen molar-refractivity contribution in [2.24, 2.45) is 5.73 Å². The summed E-state index contributed by atoms with van der Waals surface area (Å²) in [5.41, 5.74) is 4.81. The van der Waals surface area contributed by atoms with Crippen molar-refractivity contribution in [3.63, 3.8) is 0 Å². The molecule has 0 aromatic carbocycles. The third-order valence-corrected chi connectivity index (χ3v) is 3.23. The number of nitrogens with two attached hydrogens (primary N) is 1. The second-order valence-electron chi connectivity index (χ2n) is 4.70. The van der Waals surface area contributed by atoms with Crippen LogP contribution in [0.15, 0.2) is 0 Å². The molecule has 0 aliphatic heterocycles. The van der Waals surface area contributed by atoms with Gasteiger partial charge in [-0.25, -0.2) is 0 Å². The zero-order valence-electron chi connectivity index (χ0n) is 9.50. The Labute approximate surface area is 87.3 Å². The molecule has 0 aromatic rings. The van der Waals surface area contributed by atoms with E-state index in [0.29, 0.717) is 19.1 Å². The van der Waals surface area contributed by atoms with Crippen LogP contribution in [0.2, 0.25) is 0 Å². The Bertz CT molecular complexity index is 165. The summed E-state index contributed by atoms with van der Waals surface area (Å²) in [6, 6.07) is 0.679. The Morgan fingerprint density at radius 1 is 1.43 bits per heavy atom. The van der Waals surface area contributed by atoms with Gasteiger partial charge in [0.15, 0.2) is 0 Å². The van der Waals surface area contributed by atoms with Crippen molar-refractivity contribution in [2.45, 2.75) is 51.2 Å². The van der Waals surface area contributed by atoms with Crippen LogP contribution in [0.1, 0.15) is 39.5 Å². The molecule has 0 amide bonds. The van der Waals surface area contributed by atoms with E-state index >= 15 is 0 Å². The van der Waals surface area contributed by atoms with Crippen molar-refractivity contribution in [3.8, 4) is 0 Å². The second kappa shape index (κ2) is 5.10. The number of likely N-dealkylation sites (N-methyl/N-ethyl adjacent to an activating group) is 1. The first-order chi connectivity index (χ1) is 6.59. The molecule has 1 atom stereocenters. The summed E-state index contributed by atoms with van der Waals surface area (Å²) < 4.78 is 0. The highest BCUT2D eigenvalue weighted by atomic mass is 16.3. The highest BCUT2D eigenvalue weighted by Crippen LogP contribution is 2.24. The van der Waals surface area contributed by atoms with Gasteiger partial charge in [-0.1, -0.05) is 19.8 Å². The van der Waals surface area contributed by atoms with Crippen LogP contribution >= 0.6 is 0 Å². The van der Waals surface area contributed by atoms with Crippen molar-refractivity contribution >= 4 is 0 Å². The van der Waals surface area contributed by atoms with E-state index in [1.165, 1.54) is 25.7 Å². The predicted octanol–water partition coefficient (Wildman–Crippen LogP) is 0.961. The van der Waals surface area contributed by atoms with Gasteiger partial charge in [-0.3, -0.25) is 4.90 Å². The van der Waals surface area contributed by atoms with E-state index < -0.39 is 5.60 Å². The molecule has 1 rings (SSSR count). The minimum Gasteiger partial charge on any atom is -0.388 e. The van der Waals surface area contributed by atoms with Gasteiger partial charge >= 0.3 is 0 Å². The summed E-state index contributed by atoms with van der Waals surface area (Å²) in [6.07, 6.45) is 5.25. The van der Waals surface area contributed by atoms with E-state index in [4.69, 9.17) is 5.73 Å². The van der Waals surface area contributed by atoms with Gasteiger partial charge in [-0.15, -0.1) is 0 Å². The molecule has 0 aromatic heterocycles. The summed E-state index contributed by atoms with van der Waals surface area (Å²) in [7, 11) is 0. The van der Waals surface area contributed by atoms with Crippen molar-refractivity contribution in [1.82, 2.24) is 4.90 Å². The third-order valence-electron chi connectivity index (χ3n) is 3.23. The fourth-order valence-corrected chi connectivity index (χ4v) is 2.27. The molecule has 0 radical (unpaired) electrons. The molecular weight excluding hydrogens is 176 g/mol. The fourth-order valence-electron chi connectivity index (χ4n) is 2.27. The lowest BCUT2D eigenvalue weighted by Crippen LogP contribution is -2.48. The van der Waals surface area contributed by atoms with E-state index in [1.807, 2.05) is 6.92 Å². The Morgan fingerprint density at radius 3 is 2.43 bits per heavy atom. The van der Waals surface area contributed by atoms with Gasteiger partial charge in [0.25, 0.3) is 0 Å². The Balaban J connectivity index is 2.45. The van der Waals surface area contributed by atoms with Crippen molar-refractivity contribution in [2.75, 3.05) is 19.6 Å². The lowest BCUT2D eigenvalue weighted by molar-refractivity contribution is 0.0155. The lowest BCUT2D eigenvalue weighted by Gasteiger charge is -2.34. The number of hydrogen-bond donors (Lipinski definition) is 2. The van der Waals surface area contributed by atoms with Gasteiger partial charge in [0.05, 0.1) is 5.60 Å². The highest BCUT2D eigenvalue weighted by molar-refractivity contribution is 4.84. The number of rotatable bonds is 5. The molecule has 1 aliphatic rings. The first kappa shape index (κ1) is 12.0. The summed E-state index contributed by atoms with van der Waals surface area (Å²) in [6.45, 7) is 6.05. The topological polar surface area (TPSA) is 49.5 Å². The largest absolute Gasteiger partial charge is 0.388 e. The highest BCUT2D eigenvalue weighted by Gasteiger charge is 2.27. The molecule has 1 unspecified atom stereocenters. The first-order valence-corrected chi connectivity index (χ1v) is 5.75. The van der Waals surface area contributed by atoms with Crippen molar-refractivity contribution < 1.29 is 5.11 Å². The molecule has 3 nitrogen and oxygen atoms in total. The molecule has 3 heteroatoms. The predicted molar refractivity (Wildman–Crippen MR) is 59.2 cm³/mol. The molecule has 84 valence electrons. The van der Waals surface area contributed by atoms with E-state index in [9.17, 15) is 5.11 Å². The average Bonchev–Trinajstić information content (AvgIpc) is 2.67. The summed E-state index contributed by atoms with van der Waals surface area (Å²) in [4.78, 5) is 2.37. The van der Waals surface area contributed by atoms with Crippen LogP contribution in [0, 0.1) is 0 Å². The van der Waals surface area contributed by atoms with Crippen LogP contribution in [0.4, 0.5) is 0 Å². The average molecular weight is 200 g/mol. The zero-order chi connectivity index (χ0) is 10.6. The van der Waals surface area contributed by atoms with Crippen LogP contribution in [0.3, 0.4) is 0 Å². The molecule has 1 aliphatic carbocycles. The van der Waals surface area contributed by atoms with Gasteiger partial charge in [0.2, 0.25) is 0 Å². The van der Waals surface area contributed by atoms with E-state index in [0.717, 1.165) is 6.54 Å². The monoisotopic (exact) mass is 200 g/mol. The second-order valence-corrected chi connectivity index (χ2v) is 4.70. The van der Waals surface area contributed by atoms with Gasteiger partial charge in [0.1, 0.15) is 0 Å². The maximum absolute atomic E-state index is 9.92. The van der Waals surface area contributed by atoms with Gasteiger partial charge in [0, 0.05) is 19.1 Å². The smallest absolute Gasteiger partial charge is 0.0867 e.